The van der Waals surface area contributed by atoms with Crippen LogP contribution in [0.1, 0.15) is 18.1 Å². The standard InChI is InChI=1S/C20H19BrN2O3/c1-12-8-13(2)10-17(9-12)25-14(3)20(24)22-19-11-18(23-26-19)15-4-6-16(21)7-5-15/h4-11,14H,1-3H3,(H,22,24)/t14-/m1/s1. The second-order valence-electron chi connectivity index (χ2n) is 6.16. The van der Waals surface area contributed by atoms with Gasteiger partial charge in [0.25, 0.3) is 5.91 Å². The molecule has 0 saturated heterocycles. The summed E-state index contributed by atoms with van der Waals surface area (Å²) in [5.41, 5.74) is 3.72. The van der Waals surface area contributed by atoms with Crippen LogP contribution in [0.3, 0.4) is 0 Å². The van der Waals surface area contributed by atoms with Crippen molar-refractivity contribution in [3.05, 3.63) is 64.1 Å². The number of ether oxygens (including phenoxy) is 1. The highest BCUT2D eigenvalue weighted by Gasteiger charge is 2.17. The Morgan fingerprint density at radius 3 is 2.42 bits per heavy atom. The first kappa shape index (κ1) is 18.2. The van der Waals surface area contributed by atoms with E-state index >= 15 is 0 Å². The molecule has 1 amide bonds. The van der Waals surface area contributed by atoms with Gasteiger partial charge in [-0.15, -0.1) is 0 Å². The van der Waals surface area contributed by atoms with Crippen LogP contribution in [0.4, 0.5) is 5.88 Å². The van der Waals surface area contributed by atoms with Gasteiger partial charge in [-0.2, -0.15) is 0 Å². The van der Waals surface area contributed by atoms with Gasteiger partial charge in [-0.1, -0.05) is 39.3 Å². The molecule has 0 aliphatic heterocycles. The van der Waals surface area contributed by atoms with Crippen molar-refractivity contribution in [3.63, 3.8) is 0 Å². The molecule has 1 heterocycles. The van der Waals surface area contributed by atoms with Crippen LogP contribution in [0.25, 0.3) is 11.3 Å². The molecule has 26 heavy (non-hydrogen) atoms. The van der Waals surface area contributed by atoms with E-state index < -0.39 is 6.10 Å². The highest BCUT2D eigenvalue weighted by atomic mass is 79.9. The lowest BCUT2D eigenvalue weighted by atomic mass is 10.1. The fourth-order valence-electron chi connectivity index (χ4n) is 2.57. The van der Waals surface area contributed by atoms with E-state index in [4.69, 9.17) is 9.26 Å². The van der Waals surface area contributed by atoms with Crippen LogP contribution in [0.15, 0.2) is 57.5 Å². The third-order valence-corrected chi connectivity index (χ3v) is 4.30. The van der Waals surface area contributed by atoms with Crippen LogP contribution in [0.5, 0.6) is 5.75 Å². The van der Waals surface area contributed by atoms with Gasteiger partial charge in [0, 0.05) is 16.1 Å². The number of aryl methyl sites for hydroxylation is 2. The highest BCUT2D eigenvalue weighted by Crippen LogP contribution is 2.24. The molecule has 1 aromatic heterocycles. The maximum absolute atomic E-state index is 12.3. The SMILES string of the molecule is Cc1cc(C)cc(O[C@H](C)C(=O)Nc2cc(-c3ccc(Br)cc3)no2)c1. The zero-order valence-electron chi connectivity index (χ0n) is 14.7. The molecule has 3 rings (SSSR count). The van der Waals surface area contributed by atoms with Crippen LogP contribution in [0, 0.1) is 13.8 Å². The molecule has 0 spiro atoms. The van der Waals surface area contributed by atoms with Crippen molar-refractivity contribution in [2.24, 2.45) is 0 Å². The molecule has 0 bridgehead atoms. The van der Waals surface area contributed by atoms with Crippen molar-refractivity contribution in [1.82, 2.24) is 5.16 Å². The number of carbonyl (C=O) groups excluding carboxylic acids is 1. The number of nitrogens with one attached hydrogen (secondary N) is 1. The molecule has 0 aliphatic rings. The Morgan fingerprint density at radius 2 is 1.77 bits per heavy atom. The molecule has 0 radical (unpaired) electrons. The Labute approximate surface area is 160 Å². The molecule has 3 aromatic rings. The van der Waals surface area contributed by atoms with Crippen molar-refractivity contribution in [3.8, 4) is 17.0 Å². The van der Waals surface area contributed by atoms with E-state index in [1.165, 1.54) is 0 Å². The second-order valence-corrected chi connectivity index (χ2v) is 7.07. The third kappa shape index (κ3) is 4.52. The number of hydrogen-bond donors (Lipinski definition) is 1. The average Bonchev–Trinajstić information content (AvgIpc) is 3.03. The maximum Gasteiger partial charge on any atom is 0.267 e. The van der Waals surface area contributed by atoms with Crippen molar-refractivity contribution in [2.75, 3.05) is 5.32 Å². The van der Waals surface area contributed by atoms with Crippen LogP contribution in [-0.4, -0.2) is 17.2 Å². The Hall–Kier alpha value is -2.60. The summed E-state index contributed by atoms with van der Waals surface area (Å²) >= 11 is 3.39. The predicted molar refractivity (Wildman–Crippen MR) is 104 cm³/mol. The number of carbonyl (C=O) groups is 1. The lowest BCUT2D eigenvalue weighted by molar-refractivity contribution is -0.122. The van der Waals surface area contributed by atoms with E-state index in [0.717, 1.165) is 21.2 Å². The van der Waals surface area contributed by atoms with Crippen LogP contribution in [-0.2, 0) is 4.79 Å². The minimum Gasteiger partial charge on any atom is -0.481 e. The zero-order chi connectivity index (χ0) is 18.7. The van der Waals surface area contributed by atoms with E-state index in [1.54, 1.807) is 13.0 Å². The molecule has 1 atom stereocenters. The van der Waals surface area contributed by atoms with E-state index in [9.17, 15) is 4.79 Å². The van der Waals surface area contributed by atoms with Crippen molar-refractivity contribution in [1.29, 1.82) is 0 Å². The fraction of sp³-hybridized carbons (Fsp3) is 0.200. The summed E-state index contributed by atoms with van der Waals surface area (Å²) in [4.78, 5) is 12.3. The van der Waals surface area contributed by atoms with Crippen molar-refractivity contribution in [2.45, 2.75) is 26.9 Å². The first-order chi connectivity index (χ1) is 12.4. The summed E-state index contributed by atoms with van der Waals surface area (Å²) in [6.07, 6.45) is -0.669. The number of aromatic nitrogens is 1. The van der Waals surface area contributed by atoms with Gasteiger partial charge in [-0.3, -0.25) is 10.1 Å². The minimum absolute atomic E-state index is 0.281. The van der Waals surface area contributed by atoms with Crippen LogP contribution < -0.4 is 10.1 Å². The van der Waals surface area contributed by atoms with Gasteiger partial charge in [0.1, 0.15) is 11.4 Å². The van der Waals surface area contributed by atoms with Crippen molar-refractivity contribution < 1.29 is 14.1 Å². The maximum atomic E-state index is 12.3. The van der Waals surface area contributed by atoms with Gasteiger partial charge < -0.3 is 9.26 Å². The highest BCUT2D eigenvalue weighted by molar-refractivity contribution is 9.10. The minimum atomic E-state index is -0.669. The molecule has 1 N–H and O–H groups in total. The van der Waals surface area contributed by atoms with Crippen molar-refractivity contribution >= 4 is 27.7 Å². The number of benzene rings is 2. The average molecular weight is 415 g/mol. The number of halogens is 1. The van der Waals surface area contributed by atoms with E-state index in [0.29, 0.717) is 11.4 Å². The lowest BCUT2D eigenvalue weighted by Gasteiger charge is -2.14. The predicted octanol–water partition coefficient (Wildman–Crippen LogP) is 5.13. The first-order valence-electron chi connectivity index (χ1n) is 8.19. The fourth-order valence-corrected chi connectivity index (χ4v) is 2.84. The Balaban J connectivity index is 1.65. The van der Waals surface area contributed by atoms with Gasteiger partial charge in [-0.25, -0.2) is 0 Å². The van der Waals surface area contributed by atoms with E-state index in [1.807, 2.05) is 50.2 Å². The van der Waals surface area contributed by atoms with Crippen LogP contribution in [0.2, 0.25) is 0 Å². The number of anilines is 1. The molecule has 0 unspecified atom stereocenters. The molecule has 6 heteroatoms. The smallest absolute Gasteiger partial charge is 0.267 e. The van der Waals surface area contributed by atoms with Gasteiger partial charge in [0.05, 0.1) is 0 Å². The summed E-state index contributed by atoms with van der Waals surface area (Å²) in [7, 11) is 0. The monoisotopic (exact) mass is 414 g/mol. The zero-order valence-corrected chi connectivity index (χ0v) is 16.3. The molecule has 134 valence electrons. The number of amides is 1. The Kier molecular flexibility index (Phi) is 5.42. The Bertz CT molecular complexity index is 899. The first-order valence-corrected chi connectivity index (χ1v) is 8.98. The van der Waals surface area contributed by atoms with Gasteiger partial charge in [0.15, 0.2) is 6.10 Å². The molecule has 5 nitrogen and oxygen atoms in total. The molecular weight excluding hydrogens is 396 g/mol. The van der Waals surface area contributed by atoms with E-state index in [-0.39, 0.29) is 11.8 Å². The van der Waals surface area contributed by atoms with E-state index in [2.05, 4.69) is 32.5 Å². The number of rotatable bonds is 5. The summed E-state index contributed by atoms with van der Waals surface area (Å²) in [5.74, 6) is 0.643. The Morgan fingerprint density at radius 1 is 1.12 bits per heavy atom. The molecule has 2 aromatic carbocycles. The summed E-state index contributed by atoms with van der Waals surface area (Å²) in [5, 5.41) is 6.68. The summed E-state index contributed by atoms with van der Waals surface area (Å²) in [6, 6.07) is 15.2. The normalized spacial score (nSPS) is 11.8. The molecule has 0 fully saturated rings. The molecular formula is C20H19BrN2O3. The van der Waals surface area contributed by atoms with Gasteiger partial charge in [0.2, 0.25) is 5.88 Å². The summed E-state index contributed by atoms with van der Waals surface area (Å²) in [6.45, 7) is 5.67. The topological polar surface area (TPSA) is 64.4 Å². The van der Waals surface area contributed by atoms with Gasteiger partial charge >= 0.3 is 0 Å². The largest absolute Gasteiger partial charge is 0.481 e. The third-order valence-electron chi connectivity index (χ3n) is 3.77. The second kappa shape index (κ2) is 7.74. The quantitative estimate of drug-likeness (QED) is 0.628. The van der Waals surface area contributed by atoms with Crippen LogP contribution >= 0.6 is 15.9 Å². The molecule has 0 saturated carbocycles. The van der Waals surface area contributed by atoms with Gasteiger partial charge in [-0.05, 0) is 56.2 Å². The number of hydrogen-bond acceptors (Lipinski definition) is 4. The molecule has 0 aliphatic carbocycles. The lowest BCUT2D eigenvalue weighted by Crippen LogP contribution is -2.30. The summed E-state index contributed by atoms with van der Waals surface area (Å²) < 4.78 is 11.9. The number of nitrogens with zero attached hydrogens (tertiary/aromatic N) is 1.